The number of anilines is 2. The molecule has 1 aliphatic rings. The maximum Gasteiger partial charge on any atom is 0.308 e. The van der Waals surface area contributed by atoms with Gasteiger partial charge in [-0.3, -0.25) is 4.79 Å². The summed E-state index contributed by atoms with van der Waals surface area (Å²) in [5.74, 6) is 1.46. The number of carboxylic acid groups (broad SMARTS) is 1. The second-order valence-electron chi connectivity index (χ2n) is 11.7. The fourth-order valence-electron chi connectivity index (χ4n) is 4.72. The molecule has 246 valence electrons. The van der Waals surface area contributed by atoms with E-state index in [-0.39, 0.29) is 5.02 Å². The van der Waals surface area contributed by atoms with Gasteiger partial charge in [0.25, 0.3) is 0 Å². The van der Waals surface area contributed by atoms with E-state index >= 15 is 0 Å². The smallest absolute Gasteiger partial charge is 0.308 e. The van der Waals surface area contributed by atoms with E-state index < -0.39 is 17.2 Å². The molecule has 0 saturated carbocycles. The quantitative estimate of drug-likeness (QED) is 0.184. The third kappa shape index (κ3) is 8.71. The van der Waals surface area contributed by atoms with Crippen LogP contribution in [-0.2, 0) is 11.3 Å². The van der Waals surface area contributed by atoms with Gasteiger partial charge in [0.2, 0.25) is 0 Å². The summed E-state index contributed by atoms with van der Waals surface area (Å²) in [6, 6.07) is 14.5. The van der Waals surface area contributed by atoms with E-state index in [9.17, 15) is 9.18 Å². The highest BCUT2D eigenvalue weighted by Crippen LogP contribution is 2.41. The molecule has 1 aromatic heterocycles. The zero-order valence-electron chi connectivity index (χ0n) is 26.9. The number of piperidine rings is 1. The van der Waals surface area contributed by atoms with E-state index in [2.05, 4.69) is 16.4 Å². The van der Waals surface area contributed by atoms with Gasteiger partial charge in [-0.1, -0.05) is 17.7 Å². The van der Waals surface area contributed by atoms with Gasteiger partial charge in [-0.05, 0) is 82.1 Å². The molecule has 0 amide bonds. The number of nitrogens with zero attached hydrogens (tertiary/aromatic N) is 3. The number of aromatic nitrogens is 2. The number of hydrogen-bond acceptors (Lipinski definition) is 9. The topological polar surface area (TPSA) is 106 Å². The number of hydrogen-bond donors (Lipinski definition) is 2. The molecule has 5 rings (SSSR count). The van der Waals surface area contributed by atoms with E-state index in [0.29, 0.717) is 34.8 Å². The maximum atomic E-state index is 14.2. The molecule has 0 aliphatic carbocycles. The van der Waals surface area contributed by atoms with Gasteiger partial charge in [0.1, 0.15) is 23.7 Å². The number of thioether (sulfide) groups is 1. The summed E-state index contributed by atoms with van der Waals surface area (Å²) < 4.78 is 30.8. The number of carbonyl (C=O) groups is 1. The van der Waals surface area contributed by atoms with Crippen LogP contribution >= 0.6 is 23.4 Å². The Morgan fingerprint density at radius 1 is 1.04 bits per heavy atom. The zero-order valence-corrected chi connectivity index (χ0v) is 28.5. The Morgan fingerprint density at radius 2 is 1.76 bits per heavy atom. The molecule has 0 spiro atoms. The number of benzene rings is 3. The highest BCUT2D eigenvalue weighted by Gasteiger charge is 2.22. The number of fused-ring (bicyclic) bond motifs is 1. The first-order chi connectivity index (χ1) is 21.9. The lowest BCUT2D eigenvalue weighted by Crippen LogP contribution is -2.31. The Bertz CT molecular complexity index is 1660. The zero-order chi connectivity index (χ0) is 33.4. The standard InChI is InChI=1S/C29H30ClFN4O3S.C5H10O2/c1-36-25-9-6-18(11-26(25)37-2)16-35(19-7-8-23(31)22(30)12-19)29-21-13-28(39-20-5-4-10-32-15-20)27(38-3)14-24(21)33-17-34-29;1-5(2,3)4(6)7/h6-9,11-14,17,20,32H,4-5,10,15-16H2,1-3H3;1-3H3,(H,6,7)/t20-;/m1./s1. The van der Waals surface area contributed by atoms with Crippen LogP contribution in [0.25, 0.3) is 10.9 Å². The van der Waals surface area contributed by atoms with E-state index in [1.165, 1.54) is 12.4 Å². The largest absolute Gasteiger partial charge is 0.496 e. The van der Waals surface area contributed by atoms with Gasteiger partial charge in [-0.25, -0.2) is 14.4 Å². The predicted molar refractivity (Wildman–Crippen MR) is 182 cm³/mol. The van der Waals surface area contributed by atoms with E-state index in [1.807, 2.05) is 29.2 Å². The Morgan fingerprint density at radius 3 is 2.37 bits per heavy atom. The lowest BCUT2D eigenvalue weighted by Gasteiger charge is -2.27. The normalized spacial score (nSPS) is 14.7. The molecule has 9 nitrogen and oxygen atoms in total. The van der Waals surface area contributed by atoms with Crippen LogP contribution in [0.3, 0.4) is 0 Å². The summed E-state index contributed by atoms with van der Waals surface area (Å²) in [6.07, 6.45) is 3.81. The van der Waals surface area contributed by atoms with Crippen molar-refractivity contribution in [1.29, 1.82) is 0 Å². The van der Waals surface area contributed by atoms with Crippen LogP contribution in [0.4, 0.5) is 15.9 Å². The summed E-state index contributed by atoms with van der Waals surface area (Å²) >= 11 is 8.03. The van der Waals surface area contributed by atoms with Crippen molar-refractivity contribution in [1.82, 2.24) is 15.3 Å². The van der Waals surface area contributed by atoms with Crippen LogP contribution in [0.15, 0.2) is 59.8 Å². The molecule has 2 heterocycles. The van der Waals surface area contributed by atoms with Crippen LogP contribution in [0.2, 0.25) is 5.02 Å². The molecule has 0 unspecified atom stereocenters. The second-order valence-corrected chi connectivity index (χ2v) is 13.5. The van der Waals surface area contributed by atoms with Crippen LogP contribution in [-0.4, -0.2) is 60.7 Å². The minimum Gasteiger partial charge on any atom is -0.496 e. The fourth-order valence-corrected chi connectivity index (χ4v) is 6.18. The Balaban J connectivity index is 0.000000617. The molecule has 1 aliphatic heterocycles. The number of rotatable bonds is 9. The molecule has 0 radical (unpaired) electrons. The average Bonchev–Trinajstić information content (AvgIpc) is 3.04. The van der Waals surface area contributed by atoms with Crippen LogP contribution in [0.1, 0.15) is 39.2 Å². The van der Waals surface area contributed by atoms with Crippen molar-refractivity contribution >= 4 is 51.7 Å². The number of nitrogens with one attached hydrogen (secondary N) is 1. The Labute approximate surface area is 278 Å². The van der Waals surface area contributed by atoms with Gasteiger partial charge in [-0.2, -0.15) is 0 Å². The van der Waals surface area contributed by atoms with Crippen LogP contribution in [0.5, 0.6) is 17.2 Å². The van der Waals surface area contributed by atoms with Crippen molar-refractivity contribution < 1.29 is 28.5 Å². The predicted octanol–water partition coefficient (Wildman–Crippen LogP) is 7.75. The summed E-state index contributed by atoms with van der Waals surface area (Å²) in [4.78, 5) is 22.3. The highest BCUT2D eigenvalue weighted by molar-refractivity contribution is 8.00. The minimum absolute atomic E-state index is 0.0332. The molecular formula is C34H40ClFN4O5S. The number of ether oxygens (including phenoxy) is 3. The summed E-state index contributed by atoms with van der Waals surface area (Å²) in [6.45, 7) is 7.40. The molecule has 1 atom stereocenters. The van der Waals surface area contributed by atoms with Crippen molar-refractivity contribution in [3.05, 3.63) is 71.3 Å². The molecule has 2 N–H and O–H groups in total. The van der Waals surface area contributed by atoms with Gasteiger partial charge in [0.15, 0.2) is 11.5 Å². The van der Waals surface area contributed by atoms with Crippen LogP contribution < -0.4 is 24.4 Å². The number of carboxylic acids is 1. The molecule has 1 fully saturated rings. The number of halogens is 2. The second kappa shape index (κ2) is 15.7. The molecule has 4 aromatic rings. The van der Waals surface area contributed by atoms with Crippen molar-refractivity contribution in [3.63, 3.8) is 0 Å². The van der Waals surface area contributed by atoms with Crippen LogP contribution in [0, 0.1) is 11.2 Å². The molecular weight excluding hydrogens is 631 g/mol. The van der Waals surface area contributed by atoms with Gasteiger partial charge in [-0.15, -0.1) is 11.8 Å². The minimum atomic E-state index is -0.757. The lowest BCUT2D eigenvalue weighted by molar-refractivity contribution is -0.145. The first-order valence-electron chi connectivity index (χ1n) is 14.8. The first kappa shape index (κ1) is 35.1. The van der Waals surface area contributed by atoms with Crippen molar-refractivity contribution in [3.8, 4) is 17.2 Å². The van der Waals surface area contributed by atoms with Crippen molar-refractivity contribution in [2.24, 2.45) is 5.41 Å². The highest BCUT2D eigenvalue weighted by atomic mass is 35.5. The average molecular weight is 671 g/mol. The summed E-state index contributed by atoms with van der Waals surface area (Å²) in [5, 5.41) is 13.1. The fraction of sp³-hybridized carbons (Fsp3) is 0.382. The van der Waals surface area contributed by atoms with Gasteiger partial charge in [0.05, 0.1) is 42.2 Å². The van der Waals surface area contributed by atoms with Gasteiger partial charge < -0.3 is 29.5 Å². The first-order valence-corrected chi connectivity index (χ1v) is 16.1. The van der Waals surface area contributed by atoms with E-state index in [4.69, 9.17) is 35.9 Å². The Kier molecular flexibility index (Phi) is 11.9. The van der Waals surface area contributed by atoms with Gasteiger partial charge in [0, 0.05) is 35.5 Å². The lowest BCUT2D eigenvalue weighted by atomic mass is 9.98. The third-order valence-electron chi connectivity index (χ3n) is 7.35. The number of aliphatic carboxylic acids is 1. The van der Waals surface area contributed by atoms with Crippen molar-refractivity contribution in [2.45, 2.75) is 50.3 Å². The molecule has 0 bridgehead atoms. The number of methoxy groups -OCH3 is 3. The SMILES string of the molecule is CC(C)(C)C(=O)O.COc1ccc(CN(c2ccc(F)c(Cl)c2)c2ncnc3cc(OC)c(S[C@@H]4CCCNC4)cc23)cc1OC. The monoisotopic (exact) mass is 670 g/mol. The van der Waals surface area contributed by atoms with E-state index in [0.717, 1.165) is 53.0 Å². The molecule has 1 saturated heterocycles. The summed E-state index contributed by atoms with van der Waals surface area (Å²) in [5.41, 5.74) is 1.79. The summed E-state index contributed by atoms with van der Waals surface area (Å²) in [7, 11) is 4.88. The molecule has 3 aromatic carbocycles. The van der Waals surface area contributed by atoms with Crippen molar-refractivity contribution in [2.75, 3.05) is 39.3 Å². The maximum absolute atomic E-state index is 14.2. The molecule has 46 heavy (non-hydrogen) atoms. The molecule has 12 heteroatoms. The Hall–Kier alpha value is -3.80. The van der Waals surface area contributed by atoms with Gasteiger partial charge >= 0.3 is 5.97 Å². The third-order valence-corrected chi connectivity index (χ3v) is 8.94. The van der Waals surface area contributed by atoms with E-state index in [1.54, 1.807) is 66.0 Å².